The Hall–Kier alpha value is -2.67. The van der Waals surface area contributed by atoms with Gasteiger partial charge in [0.25, 0.3) is 0 Å². The molecule has 2 rings (SSSR count). The fraction of sp³-hybridized carbons (Fsp3) is 0.375. The van der Waals surface area contributed by atoms with E-state index in [1.807, 2.05) is 6.07 Å². The van der Waals surface area contributed by atoms with Gasteiger partial charge in [0.2, 0.25) is 5.91 Å². The highest BCUT2D eigenvalue weighted by molar-refractivity contribution is 9.10. The first kappa shape index (κ1) is 24.6. The number of ether oxygens (including phenoxy) is 2. The maximum atomic E-state index is 12.4. The minimum Gasteiger partial charge on any atom is -0.493 e. The summed E-state index contributed by atoms with van der Waals surface area (Å²) < 4.78 is 11.6. The number of nitrogens with one attached hydrogen (secondary N) is 1. The topological polar surface area (TPSA) is 77.0 Å². The van der Waals surface area contributed by atoms with Gasteiger partial charge in [-0.1, -0.05) is 61.0 Å². The standard InChI is InChI=1S/C24H29BrN2O4/c1-3-4-5-6-7-8-12-23(28)27-26-17-18-13-14-21(22(15-18)30-2)31-24(29)19-10-9-11-20(25)16-19/h9-11,13-17H,3-8,12H2,1-2H3,(H,27,28)/b26-17-. The Kier molecular flexibility index (Phi) is 10.8. The molecule has 0 aromatic heterocycles. The molecule has 0 aliphatic heterocycles. The van der Waals surface area contributed by atoms with E-state index in [1.54, 1.807) is 36.4 Å². The van der Waals surface area contributed by atoms with Crippen molar-refractivity contribution in [3.05, 3.63) is 58.1 Å². The summed E-state index contributed by atoms with van der Waals surface area (Å²) in [6, 6.07) is 12.0. The van der Waals surface area contributed by atoms with Gasteiger partial charge in [0, 0.05) is 10.9 Å². The lowest BCUT2D eigenvalue weighted by atomic mass is 10.1. The summed E-state index contributed by atoms with van der Waals surface area (Å²) in [6.45, 7) is 2.19. The van der Waals surface area contributed by atoms with E-state index >= 15 is 0 Å². The first-order chi connectivity index (χ1) is 15.0. The van der Waals surface area contributed by atoms with Gasteiger partial charge in [-0.15, -0.1) is 0 Å². The van der Waals surface area contributed by atoms with Crippen molar-refractivity contribution in [3.63, 3.8) is 0 Å². The number of amides is 1. The highest BCUT2D eigenvalue weighted by Gasteiger charge is 2.13. The molecule has 0 fully saturated rings. The molecular weight excluding hydrogens is 460 g/mol. The molecule has 2 aromatic carbocycles. The molecule has 2 aromatic rings. The largest absolute Gasteiger partial charge is 0.493 e. The van der Waals surface area contributed by atoms with Crippen LogP contribution in [0.15, 0.2) is 52.0 Å². The van der Waals surface area contributed by atoms with Gasteiger partial charge in [0.1, 0.15) is 0 Å². The Labute approximate surface area is 192 Å². The summed E-state index contributed by atoms with van der Waals surface area (Å²) in [5.41, 5.74) is 3.68. The number of benzene rings is 2. The van der Waals surface area contributed by atoms with Gasteiger partial charge in [0.05, 0.1) is 18.9 Å². The molecule has 0 atom stereocenters. The van der Waals surface area contributed by atoms with Crippen LogP contribution in [0.1, 0.15) is 67.8 Å². The molecule has 0 aliphatic rings. The number of rotatable bonds is 12. The number of hydrogen-bond donors (Lipinski definition) is 1. The monoisotopic (exact) mass is 488 g/mol. The average Bonchev–Trinajstić information content (AvgIpc) is 2.77. The van der Waals surface area contributed by atoms with E-state index in [4.69, 9.17) is 9.47 Å². The summed E-state index contributed by atoms with van der Waals surface area (Å²) in [7, 11) is 1.50. The van der Waals surface area contributed by atoms with Gasteiger partial charge in [-0.05, 0) is 48.4 Å². The molecule has 0 unspecified atom stereocenters. The highest BCUT2D eigenvalue weighted by atomic mass is 79.9. The SMILES string of the molecule is CCCCCCCCC(=O)N/N=C\c1ccc(OC(=O)c2cccc(Br)c2)c(OC)c1. The van der Waals surface area contributed by atoms with Crippen LogP contribution in [0, 0.1) is 0 Å². The van der Waals surface area contributed by atoms with Crippen LogP contribution in [0.25, 0.3) is 0 Å². The second kappa shape index (κ2) is 13.6. The maximum absolute atomic E-state index is 12.4. The number of hydrogen-bond acceptors (Lipinski definition) is 5. The lowest BCUT2D eigenvalue weighted by Crippen LogP contribution is -2.16. The van der Waals surface area contributed by atoms with Crippen molar-refractivity contribution in [1.29, 1.82) is 0 Å². The van der Waals surface area contributed by atoms with Crippen LogP contribution < -0.4 is 14.9 Å². The zero-order chi connectivity index (χ0) is 22.5. The van der Waals surface area contributed by atoms with Crippen molar-refractivity contribution in [2.45, 2.75) is 51.9 Å². The third-order valence-corrected chi connectivity index (χ3v) is 5.10. The van der Waals surface area contributed by atoms with Crippen molar-refractivity contribution in [2.75, 3.05) is 7.11 Å². The van der Waals surface area contributed by atoms with Gasteiger partial charge in [0.15, 0.2) is 11.5 Å². The van der Waals surface area contributed by atoms with Gasteiger partial charge in [-0.2, -0.15) is 5.10 Å². The lowest BCUT2D eigenvalue weighted by Gasteiger charge is -2.10. The van der Waals surface area contributed by atoms with E-state index in [-0.39, 0.29) is 5.91 Å². The van der Waals surface area contributed by atoms with E-state index in [2.05, 4.69) is 33.4 Å². The van der Waals surface area contributed by atoms with Crippen LogP contribution in [-0.2, 0) is 4.79 Å². The van der Waals surface area contributed by atoms with E-state index in [0.29, 0.717) is 29.0 Å². The number of carbonyl (C=O) groups is 2. The Morgan fingerprint density at radius 1 is 1.03 bits per heavy atom. The highest BCUT2D eigenvalue weighted by Crippen LogP contribution is 2.28. The summed E-state index contributed by atoms with van der Waals surface area (Å²) in [5, 5.41) is 4.00. The summed E-state index contributed by atoms with van der Waals surface area (Å²) in [4.78, 5) is 24.2. The Morgan fingerprint density at radius 2 is 1.81 bits per heavy atom. The van der Waals surface area contributed by atoms with Crippen molar-refractivity contribution < 1.29 is 19.1 Å². The van der Waals surface area contributed by atoms with Crippen LogP contribution >= 0.6 is 15.9 Å². The van der Waals surface area contributed by atoms with Crippen molar-refractivity contribution in [3.8, 4) is 11.5 Å². The van der Waals surface area contributed by atoms with Crippen LogP contribution in [0.2, 0.25) is 0 Å². The molecule has 0 spiro atoms. The first-order valence-corrected chi connectivity index (χ1v) is 11.3. The van der Waals surface area contributed by atoms with Crippen molar-refractivity contribution in [2.24, 2.45) is 5.10 Å². The minimum absolute atomic E-state index is 0.0988. The lowest BCUT2D eigenvalue weighted by molar-refractivity contribution is -0.121. The number of esters is 1. The Morgan fingerprint density at radius 3 is 2.55 bits per heavy atom. The summed E-state index contributed by atoms with van der Waals surface area (Å²) in [5.74, 6) is 0.115. The third kappa shape index (κ3) is 8.92. The number of nitrogens with zero attached hydrogens (tertiary/aromatic N) is 1. The molecule has 1 N–H and O–H groups in total. The molecular formula is C24H29BrN2O4. The second-order valence-corrected chi connectivity index (χ2v) is 8.04. The second-order valence-electron chi connectivity index (χ2n) is 7.12. The van der Waals surface area contributed by atoms with Gasteiger partial charge >= 0.3 is 5.97 Å². The molecule has 0 aliphatic carbocycles. The molecule has 1 amide bonds. The number of halogens is 1. The molecule has 7 heteroatoms. The summed E-state index contributed by atoms with van der Waals surface area (Å²) in [6.07, 6.45) is 8.80. The fourth-order valence-corrected chi connectivity index (χ4v) is 3.32. The molecule has 166 valence electrons. The van der Waals surface area contributed by atoms with Gasteiger partial charge < -0.3 is 9.47 Å². The number of methoxy groups -OCH3 is 1. The van der Waals surface area contributed by atoms with Crippen LogP contribution in [-0.4, -0.2) is 25.2 Å². The molecule has 6 nitrogen and oxygen atoms in total. The summed E-state index contributed by atoms with van der Waals surface area (Å²) >= 11 is 3.34. The quantitative estimate of drug-likeness (QED) is 0.133. The number of unbranched alkanes of at least 4 members (excludes halogenated alkanes) is 5. The third-order valence-electron chi connectivity index (χ3n) is 4.61. The zero-order valence-corrected chi connectivity index (χ0v) is 19.6. The van der Waals surface area contributed by atoms with Gasteiger partial charge in [-0.3, -0.25) is 4.79 Å². The van der Waals surface area contributed by atoms with E-state index in [0.717, 1.165) is 17.3 Å². The number of carbonyl (C=O) groups excluding carboxylic acids is 2. The first-order valence-electron chi connectivity index (χ1n) is 10.5. The molecule has 0 saturated heterocycles. The average molecular weight is 489 g/mol. The van der Waals surface area contributed by atoms with Crippen molar-refractivity contribution >= 4 is 34.0 Å². The molecule has 0 heterocycles. The van der Waals surface area contributed by atoms with E-state index < -0.39 is 5.97 Å². The maximum Gasteiger partial charge on any atom is 0.343 e. The van der Waals surface area contributed by atoms with Crippen LogP contribution in [0.5, 0.6) is 11.5 Å². The molecule has 31 heavy (non-hydrogen) atoms. The number of hydrazone groups is 1. The van der Waals surface area contributed by atoms with Crippen LogP contribution in [0.4, 0.5) is 0 Å². The zero-order valence-electron chi connectivity index (χ0n) is 18.0. The fourth-order valence-electron chi connectivity index (χ4n) is 2.92. The Balaban J connectivity index is 1.86. The molecule has 0 bridgehead atoms. The van der Waals surface area contributed by atoms with Crippen LogP contribution in [0.3, 0.4) is 0 Å². The van der Waals surface area contributed by atoms with Gasteiger partial charge in [-0.25, -0.2) is 10.2 Å². The van der Waals surface area contributed by atoms with E-state index in [9.17, 15) is 9.59 Å². The Bertz CT molecular complexity index is 899. The smallest absolute Gasteiger partial charge is 0.343 e. The van der Waals surface area contributed by atoms with Crippen molar-refractivity contribution in [1.82, 2.24) is 5.43 Å². The molecule has 0 radical (unpaired) electrons. The predicted octanol–water partition coefficient (Wildman–Crippen LogP) is 5.88. The minimum atomic E-state index is -0.483. The predicted molar refractivity (Wildman–Crippen MR) is 126 cm³/mol. The molecule has 0 saturated carbocycles. The van der Waals surface area contributed by atoms with E-state index in [1.165, 1.54) is 39.0 Å². The normalized spacial score (nSPS) is 10.8.